The topological polar surface area (TPSA) is 219 Å². The lowest BCUT2D eigenvalue weighted by molar-refractivity contribution is -0.136. The summed E-state index contributed by atoms with van der Waals surface area (Å²) in [5, 5.41) is 10.1. The van der Waals surface area contributed by atoms with E-state index in [9.17, 15) is 28.4 Å². The van der Waals surface area contributed by atoms with E-state index >= 15 is 0 Å². The normalized spacial score (nSPS) is 17.0. The zero-order chi connectivity index (χ0) is 46.7. The van der Waals surface area contributed by atoms with Gasteiger partial charge in [0, 0.05) is 65.8 Å². The number of carbonyl (C=O) groups is 5. The van der Waals surface area contributed by atoms with E-state index in [1.54, 1.807) is 43.6 Å². The van der Waals surface area contributed by atoms with E-state index < -0.39 is 41.6 Å². The Hall–Kier alpha value is -5.70. The molecule has 2 fully saturated rings. The van der Waals surface area contributed by atoms with Crippen LogP contribution in [0, 0.1) is 5.82 Å². The van der Waals surface area contributed by atoms with Gasteiger partial charge in [0.25, 0.3) is 11.8 Å². The van der Waals surface area contributed by atoms with Crippen molar-refractivity contribution in [1.29, 1.82) is 0 Å². The first-order valence-electron chi connectivity index (χ1n) is 21.7. The quantitative estimate of drug-likeness (QED) is 0.0521. The zero-order valence-corrected chi connectivity index (χ0v) is 37.8. The molecular formula is C45H51Cl2FN8O10. The molecule has 21 heteroatoms. The number of carbonyl (C=O) groups excluding carboxylic acids is 5. The number of anilines is 2. The number of nitrogen functional groups attached to an aromatic ring is 1. The lowest BCUT2D eigenvalue weighted by Crippen LogP contribution is -2.54. The molecule has 0 aliphatic carbocycles. The van der Waals surface area contributed by atoms with Gasteiger partial charge < -0.3 is 39.6 Å². The summed E-state index contributed by atoms with van der Waals surface area (Å²) >= 11 is 12.5. The average molecular weight is 954 g/mol. The van der Waals surface area contributed by atoms with Crippen molar-refractivity contribution >= 4 is 64.2 Å². The summed E-state index contributed by atoms with van der Waals surface area (Å²) in [6.07, 6.45) is 6.49. The molecule has 0 bridgehead atoms. The number of imide groups is 2. The number of pyridine rings is 1. The van der Waals surface area contributed by atoms with Crippen LogP contribution in [-0.4, -0.2) is 133 Å². The van der Waals surface area contributed by atoms with Crippen LogP contribution in [0.1, 0.15) is 77.5 Å². The molecule has 2 saturated heterocycles. The number of nitrogens with one attached hydrogen (secondary N) is 2. The molecular weight excluding hydrogens is 902 g/mol. The number of piperidine rings is 2. The van der Waals surface area contributed by atoms with Gasteiger partial charge in [-0.05, 0) is 56.5 Å². The number of hydrogen-bond acceptors (Lipinski definition) is 14. The van der Waals surface area contributed by atoms with Gasteiger partial charge in [0.05, 0.1) is 87.7 Å². The van der Waals surface area contributed by atoms with Crippen molar-refractivity contribution in [3.8, 4) is 16.9 Å². The minimum Gasteiger partial charge on any atom is -0.482 e. The standard InChI is InChI=1S/C45H51Cl2FN8O10/c1-27(39-32(46)5-6-33(48)41(39)47)66-36-23-28(24-51-42(36)49)29-25-52-55(26-29)30-9-13-54(14-10-30)38(58)11-15-62-17-19-64-21-22-65-20-18-63-16-12-50-34-4-2-3-31-40(34)45(61)56(44(31)60)35-7-8-37(57)53-43(35)59/h2-6,23-27,30,35,50H,7-22H2,1H3,(H2,49,51)(H,53,57,59)/t27-,35?/m1/s1. The Morgan fingerprint density at radius 1 is 0.909 bits per heavy atom. The molecule has 18 nitrogen and oxygen atoms in total. The van der Waals surface area contributed by atoms with E-state index in [0.29, 0.717) is 82.9 Å². The van der Waals surface area contributed by atoms with Crippen molar-refractivity contribution in [2.45, 2.75) is 57.2 Å². The van der Waals surface area contributed by atoms with Gasteiger partial charge in [-0.1, -0.05) is 29.3 Å². The van der Waals surface area contributed by atoms with Crippen LogP contribution in [0.5, 0.6) is 5.75 Å². The fourth-order valence-corrected chi connectivity index (χ4v) is 8.62. The van der Waals surface area contributed by atoms with Crippen molar-refractivity contribution in [3.63, 3.8) is 0 Å². The summed E-state index contributed by atoms with van der Waals surface area (Å²) < 4.78 is 44.5. The first-order chi connectivity index (χ1) is 31.9. The number of nitrogens with zero attached hydrogens (tertiary/aromatic N) is 5. The van der Waals surface area contributed by atoms with E-state index in [0.717, 1.165) is 28.9 Å². The number of halogens is 3. The first-order valence-corrected chi connectivity index (χ1v) is 22.4. The molecule has 4 aromatic rings. The summed E-state index contributed by atoms with van der Waals surface area (Å²) in [5.41, 5.74) is 8.81. The molecule has 2 aromatic carbocycles. The van der Waals surface area contributed by atoms with Gasteiger partial charge in [-0.25, -0.2) is 9.37 Å². The van der Waals surface area contributed by atoms with E-state index in [-0.39, 0.29) is 64.8 Å². The first kappa shape index (κ1) is 48.2. The van der Waals surface area contributed by atoms with Crippen molar-refractivity contribution in [1.82, 2.24) is 29.9 Å². The Balaban J connectivity index is 0.708. The molecule has 352 valence electrons. The molecule has 0 spiro atoms. The highest BCUT2D eigenvalue weighted by molar-refractivity contribution is 6.36. The minimum atomic E-state index is -1.03. The van der Waals surface area contributed by atoms with Crippen LogP contribution in [0.25, 0.3) is 11.1 Å². The lowest BCUT2D eigenvalue weighted by Gasteiger charge is -2.32. The van der Waals surface area contributed by atoms with Crippen LogP contribution >= 0.6 is 23.2 Å². The summed E-state index contributed by atoms with van der Waals surface area (Å²) in [6, 6.07) is 8.32. The zero-order valence-electron chi connectivity index (χ0n) is 36.3. The van der Waals surface area contributed by atoms with Crippen LogP contribution in [0.15, 0.2) is 55.0 Å². The minimum absolute atomic E-state index is 0.0333. The predicted molar refractivity (Wildman–Crippen MR) is 240 cm³/mol. The second-order valence-electron chi connectivity index (χ2n) is 15.7. The third-order valence-electron chi connectivity index (χ3n) is 11.4. The number of fused-ring (bicyclic) bond motifs is 1. The molecule has 5 amide bonds. The van der Waals surface area contributed by atoms with Crippen molar-refractivity contribution in [2.24, 2.45) is 0 Å². The second kappa shape index (κ2) is 22.7. The van der Waals surface area contributed by atoms with Crippen LogP contribution in [-0.2, 0) is 33.3 Å². The summed E-state index contributed by atoms with van der Waals surface area (Å²) in [6.45, 7) is 5.98. The van der Waals surface area contributed by atoms with E-state index in [2.05, 4.69) is 20.7 Å². The Bertz CT molecular complexity index is 2420. The van der Waals surface area contributed by atoms with Gasteiger partial charge in [0.2, 0.25) is 17.7 Å². The lowest BCUT2D eigenvalue weighted by atomic mass is 10.0. The van der Waals surface area contributed by atoms with E-state index in [1.807, 2.05) is 15.8 Å². The molecule has 0 radical (unpaired) electrons. The number of amides is 5. The maximum Gasteiger partial charge on any atom is 0.264 e. The highest BCUT2D eigenvalue weighted by Gasteiger charge is 2.45. The fourth-order valence-electron chi connectivity index (χ4n) is 7.94. The van der Waals surface area contributed by atoms with Gasteiger partial charge in [-0.3, -0.25) is 38.9 Å². The smallest absolute Gasteiger partial charge is 0.264 e. The molecule has 66 heavy (non-hydrogen) atoms. The van der Waals surface area contributed by atoms with E-state index in [4.69, 9.17) is 52.6 Å². The maximum atomic E-state index is 14.1. The summed E-state index contributed by atoms with van der Waals surface area (Å²) in [5.74, 6) is -2.34. The predicted octanol–water partition coefficient (Wildman–Crippen LogP) is 5.25. The molecule has 7 rings (SSSR count). The highest BCUT2D eigenvalue weighted by Crippen LogP contribution is 2.38. The van der Waals surface area contributed by atoms with Gasteiger partial charge in [-0.15, -0.1) is 0 Å². The molecule has 3 aliphatic rings. The molecule has 2 aromatic heterocycles. The monoisotopic (exact) mass is 952 g/mol. The number of hydrogen-bond donors (Lipinski definition) is 3. The average Bonchev–Trinajstić information content (AvgIpc) is 3.90. The maximum absolute atomic E-state index is 14.1. The number of rotatable bonds is 22. The van der Waals surface area contributed by atoms with E-state index in [1.165, 1.54) is 12.1 Å². The van der Waals surface area contributed by atoms with Gasteiger partial charge >= 0.3 is 0 Å². The largest absolute Gasteiger partial charge is 0.482 e. The number of aromatic nitrogens is 3. The Morgan fingerprint density at radius 2 is 1.61 bits per heavy atom. The van der Waals surface area contributed by atoms with Crippen LogP contribution < -0.4 is 21.1 Å². The molecule has 4 N–H and O–H groups in total. The molecule has 3 aliphatic heterocycles. The second-order valence-corrected chi connectivity index (χ2v) is 16.5. The van der Waals surface area contributed by atoms with Gasteiger partial charge in [-0.2, -0.15) is 5.10 Å². The molecule has 0 saturated carbocycles. The number of likely N-dealkylation sites (tertiary alicyclic amines) is 1. The number of ether oxygens (including phenoxy) is 5. The van der Waals surface area contributed by atoms with Gasteiger partial charge in [0.1, 0.15) is 18.0 Å². The summed E-state index contributed by atoms with van der Waals surface area (Å²) in [7, 11) is 0. The highest BCUT2D eigenvalue weighted by atomic mass is 35.5. The Morgan fingerprint density at radius 3 is 2.32 bits per heavy atom. The molecule has 1 unspecified atom stereocenters. The molecule has 2 atom stereocenters. The number of benzene rings is 2. The third-order valence-corrected chi connectivity index (χ3v) is 12.1. The van der Waals surface area contributed by atoms with Crippen molar-refractivity contribution < 1.29 is 52.0 Å². The van der Waals surface area contributed by atoms with Crippen LogP contribution in [0.3, 0.4) is 0 Å². The van der Waals surface area contributed by atoms with Crippen LogP contribution in [0.2, 0.25) is 10.0 Å². The SMILES string of the molecule is C[C@@H](Oc1cc(-c2cnn(C3CCN(C(=O)CCOCCOCCOCCOCCNc4cccc5c4C(=O)N(C4CCC(=O)NC4=O)C5=O)CC3)c2)cnc1N)c1c(Cl)ccc(F)c1Cl. The number of nitrogens with two attached hydrogens (primary N) is 1. The Kier molecular flexibility index (Phi) is 16.6. The fraction of sp³-hybridized carbons (Fsp3) is 0.444. The Labute approximate surface area is 390 Å². The van der Waals surface area contributed by atoms with Crippen LogP contribution in [0.4, 0.5) is 15.9 Å². The summed E-state index contributed by atoms with van der Waals surface area (Å²) in [4.78, 5) is 70.1. The van der Waals surface area contributed by atoms with Crippen molar-refractivity contribution in [3.05, 3.63) is 87.5 Å². The third kappa shape index (κ3) is 11.6. The molecule has 5 heterocycles. The van der Waals surface area contributed by atoms with Gasteiger partial charge in [0.15, 0.2) is 11.6 Å². The van der Waals surface area contributed by atoms with Crippen molar-refractivity contribution in [2.75, 3.05) is 83.5 Å².